The molecule has 3 aromatic rings. The molecule has 0 unspecified atom stereocenters. The van der Waals surface area contributed by atoms with E-state index in [2.05, 4.69) is 43.9 Å². The summed E-state index contributed by atoms with van der Waals surface area (Å²) in [6.45, 7) is 10.5. The number of nitrogens with zero attached hydrogens (tertiary/aromatic N) is 2. The molecule has 0 N–H and O–H groups in total. The number of benzene rings is 2. The van der Waals surface area contributed by atoms with E-state index in [4.69, 9.17) is 4.98 Å². The maximum atomic E-state index is 13.9. The number of aryl methyl sites for hydroxylation is 2. The van der Waals surface area contributed by atoms with Gasteiger partial charge in [0.25, 0.3) is 0 Å². The normalized spacial score (nSPS) is 11.1. The highest BCUT2D eigenvalue weighted by atomic mass is 19.1. The number of aromatic nitrogens is 1. The molecular formula is C23H27FN2. The van der Waals surface area contributed by atoms with Gasteiger partial charge in [-0.1, -0.05) is 44.2 Å². The molecule has 0 atom stereocenters. The lowest BCUT2D eigenvalue weighted by molar-refractivity contribution is 0.628. The average Bonchev–Trinajstić information content (AvgIpc) is 2.63. The van der Waals surface area contributed by atoms with Gasteiger partial charge in [-0.15, -0.1) is 0 Å². The van der Waals surface area contributed by atoms with Crippen LogP contribution >= 0.6 is 0 Å². The van der Waals surface area contributed by atoms with E-state index in [1.54, 1.807) is 6.07 Å². The lowest BCUT2D eigenvalue weighted by Gasteiger charge is -2.27. The van der Waals surface area contributed by atoms with Crippen LogP contribution in [0.3, 0.4) is 0 Å². The Morgan fingerprint density at radius 1 is 0.923 bits per heavy atom. The largest absolute Gasteiger partial charge is 0.370 e. The van der Waals surface area contributed by atoms with Crippen LogP contribution in [0.15, 0.2) is 42.5 Å². The van der Waals surface area contributed by atoms with Crippen LogP contribution in [0.25, 0.3) is 22.0 Å². The standard InChI is InChI=1S/C23H27FN2/c1-5-13-26(14-6-2)23-17(4)25-22(19-9-7-8-10-20(19)23)21-15-18(24)12-11-16(21)3/h7-12,15H,5-6,13-14H2,1-4H3. The lowest BCUT2D eigenvalue weighted by atomic mass is 9.98. The van der Waals surface area contributed by atoms with E-state index in [1.807, 2.05) is 19.1 Å². The Bertz CT molecular complexity index is 911. The van der Waals surface area contributed by atoms with Crippen LogP contribution in [0.2, 0.25) is 0 Å². The van der Waals surface area contributed by atoms with Crippen molar-refractivity contribution in [1.29, 1.82) is 0 Å². The van der Waals surface area contributed by atoms with Crippen molar-refractivity contribution in [2.75, 3.05) is 18.0 Å². The molecule has 2 aromatic carbocycles. The van der Waals surface area contributed by atoms with E-state index >= 15 is 0 Å². The number of anilines is 1. The third-order valence-corrected chi connectivity index (χ3v) is 4.82. The van der Waals surface area contributed by atoms with Crippen LogP contribution < -0.4 is 4.90 Å². The molecule has 0 fully saturated rings. The van der Waals surface area contributed by atoms with Gasteiger partial charge in [-0.05, 0) is 44.4 Å². The molecule has 0 saturated heterocycles. The third kappa shape index (κ3) is 3.44. The zero-order valence-corrected chi connectivity index (χ0v) is 16.1. The van der Waals surface area contributed by atoms with Gasteiger partial charge in [0.05, 0.1) is 17.1 Å². The summed E-state index contributed by atoms with van der Waals surface area (Å²) in [5.41, 5.74) is 4.99. The van der Waals surface area contributed by atoms with E-state index in [0.29, 0.717) is 0 Å². The molecule has 0 bridgehead atoms. The molecule has 0 saturated carbocycles. The topological polar surface area (TPSA) is 16.1 Å². The second kappa shape index (κ2) is 7.86. The minimum atomic E-state index is -0.225. The van der Waals surface area contributed by atoms with Gasteiger partial charge in [-0.2, -0.15) is 0 Å². The monoisotopic (exact) mass is 350 g/mol. The molecule has 136 valence electrons. The van der Waals surface area contributed by atoms with Gasteiger partial charge in [0.1, 0.15) is 5.82 Å². The summed E-state index contributed by atoms with van der Waals surface area (Å²) >= 11 is 0. The Kier molecular flexibility index (Phi) is 5.55. The van der Waals surface area contributed by atoms with Crippen molar-refractivity contribution in [3.05, 3.63) is 59.5 Å². The van der Waals surface area contributed by atoms with Gasteiger partial charge in [0.15, 0.2) is 0 Å². The molecule has 0 aliphatic heterocycles. The highest BCUT2D eigenvalue weighted by Gasteiger charge is 2.18. The van der Waals surface area contributed by atoms with E-state index < -0.39 is 0 Å². The molecule has 0 spiro atoms. The number of halogens is 1. The summed E-state index contributed by atoms with van der Waals surface area (Å²) in [5.74, 6) is -0.225. The second-order valence-electron chi connectivity index (χ2n) is 6.89. The zero-order chi connectivity index (χ0) is 18.7. The van der Waals surface area contributed by atoms with Gasteiger partial charge >= 0.3 is 0 Å². The van der Waals surface area contributed by atoms with Crippen molar-refractivity contribution >= 4 is 16.5 Å². The van der Waals surface area contributed by atoms with Crippen molar-refractivity contribution in [1.82, 2.24) is 4.98 Å². The Labute approximate surface area is 155 Å². The number of pyridine rings is 1. The first-order valence-corrected chi connectivity index (χ1v) is 9.47. The first kappa shape index (κ1) is 18.4. The molecule has 1 aromatic heterocycles. The van der Waals surface area contributed by atoms with Crippen LogP contribution in [0.4, 0.5) is 10.1 Å². The van der Waals surface area contributed by atoms with E-state index in [0.717, 1.165) is 53.8 Å². The zero-order valence-electron chi connectivity index (χ0n) is 16.1. The molecule has 2 nitrogen and oxygen atoms in total. The minimum absolute atomic E-state index is 0.225. The fourth-order valence-corrected chi connectivity index (χ4v) is 3.70. The Morgan fingerprint density at radius 2 is 1.58 bits per heavy atom. The molecule has 3 rings (SSSR count). The number of hydrogen-bond acceptors (Lipinski definition) is 2. The summed E-state index contributed by atoms with van der Waals surface area (Å²) in [5, 5.41) is 2.28. The fourth-order valence-electron chi connectivity index (χ4n) is 3.70. The Morgan fingerprint density at radius 3 is 2.23 bits per heavy atom. The van der Waals surface area contributed by atoms with Crippen molar-refractivity contribution < 1.29 is 4.39 Å². The number of fused-ring (bicyclic) bond motifs is 1. The van der Waals surface area contributed by atoms with Crippen molar-refractivity contribution in [3.63, 3.8) is 0 Å². The molecule has 0 radical (unpaired) electrons. The fraction of sp³-hybridized carbons (Fsp3) is 0.348. The molecule has 0 amide bonds. The summed E-state index contributed by atoms with van der Waals surface area (Å²) in [6.07, 6.45) is 2.19. The van der Waals surface area contributed by atoms with Gasteiger partial charge < -0.3 is 4.90 Å². The Hall–Kier alpha value is -2.42. The highest BCUT2D eigenvalue weighted by molar-refractivity contribution is 6.03. The van der Waals surface area contributed by atoms with Crippen LogP contribution in [-0.4, -0.2) is 18.1 Å². The summed E-state index contributed by atoms with van der Waals surface area (Å²) < 4.78 is 13.9. The average molecular weight is 350 g/mol. The van der Waals surface area contributed by atoms with E-state index in [-0.39, 0.29) is 5.82 Å². The van der Waals surface area contributed by atoms with Crippen molar-refractivity contribution in [2.45, 2.75) is 40.5 Å². The van der Waals surface area contributed by atoms with Crippen LogP contribution in [0.5, 0.6) is 0 Å². The molecule has 3 heteroatoms. The first-order chi connectivity index (χ1) is 12.6. The molecular weight excluding hydrogens is 323 g/mol. The highest BCUT2D eigenvalue weighted by Crippen LogP contribution is 2.37. The summed E-state index contributed by atoms with van der Waals surface area (Å²) in [6, 6.07) is 13.3. The predicted octanol–water partition coefficient (Wildman–Crippen LogP) is 6.28. The van der Waals surface area contributed by atoms with Crippen molar-refractivity contribution in [3.8, 4) is 11.3 Å². The van der Waals surface area contributed by atoms with Gasteiger partial charge in [-0.25, -0.2) is 4.39 Å². The third-order valence-electron chi connectivity index (χ3n) is 4.82. The summed E-state index contributed by atoms with van der Waals surface area (Å²) in [4.78, 5) is 7.39. The molecule has 26 heavy (non-hydrogen) atoms. The number of rotatable bonds is 6. The SMILES string of the molecule is CCCN(CCC)c1c(C)nc(-c2cc(F)ccc2C)c2ccccc12. The van der Waals surface area contributed by atoms with E-state index in [1.165, 1.54) is 17.1 Å². The number of hydrogen-bond donors (Lipinski definition) is 0. The second-order valence-corrected chi connectivity index (χ2v) is 6.89. The van der Waals surface area contributed by atoms with Gasteiger partial charge in [-0.3, -0.25) is 4.98 Å². The lowest BCUT2D eigenvalue weighted by Crippen LogP contribution is -2.26. The molecule has 1 heterocycles. The Balaban J connectivity index is 2.29. The summed E-state index contributed by atoms with van der Waals surface area (Å²) in [7, 11) is 0. The predicted molar refractivity (Wildman–Crippen MR) is 109 cm³/mol. The molecule has 0 aliphatic carbocycles. The van der Waals surface area contributed by atoms with Gasteiger partial charge in [0, 0.05) is 29.4 Å². The van der Waals surface area contributed by atoms with Crippen LogP contribution in [0.1, 0.15) is 37.9 Å². The van der Waals surface area contributed by atoms with Crippen molar-refractivity contribution in [2.24, 2.45) is 0 Å². The smallest absolute Gasteiger partial charge is 0.123 e. The van der Waals surface area contributed by atoms with Crippen LogP contribution in [0, 0.1) is 19.7 Å². The minimum Gasteiger partial charge on any atom is -0.370 e. The van der Waals surface area contributed by atoms with Gasteiger partial charge in [0.2, 0.25) is 0 Å². The maximum absolute atomic E-state index is 13.9. The van der Waals surface area contributed by atoms with Crippen LogP contribution in [-0.2, 0) is 0 Å². The molecule has 0 aliphatic rings. The van der Waals surface area contributed by atoms with E-state index in [9.17, 15) is 4.39 Å². The maximum Gasteiger partial charge on any atom is 0.123 e. The quantitative estimate of drug-likeness (QED) is 0.520. The first-order valence-electron chi connectivity index (χ1n) is 9.47.